The van der Waals surface area contributed by atoms with Crippen LogP contribution in [0.4, 0.5) is 0 Å². The molecule has 0 bridgehead atoms. The van der Waals surface area contributed by atoms with E-state index in [2.05, 4.69) is 5.32 Å². The number of thiophene rings is 1. The van der Waals surface area contributed by atoms with Crippen molar-refractivity contribution in [1.82, 2.24) is 10.2 Å². The Labute approximate surface area is 159 Å². The predicted octanol–water partition coefficient (Wildman–Crippen LogP) is 1.64. The van der Waals surface area contributed by atoms with Gasteiger partial charge in [0, 0.05) is 10.9 Å². The fraction of sp³-hybridized carbons (Fsp3) is 0.400. The van der Waals surface area contributed by atoms with Gasteiger partial charge in [-0.25, -0.2) is 8.42 Å². The van der Waals surface area contributed by atoms with E-state index in [9.17, 15) is 18.0 Å². The zero-order chi connectivity index (χ0) is 18.2. The highest BCUT2D eigenvalue weighted by atomic mass is 32.2. The van der Waals surface area contributed by atoms with Crippen LogP contribution in [0.15, 0.2) is 22.4 Å². The molecule has 134 valence electrons. The second-order valence-electron chi connectivity index (χ2n) is 5.85. The van der Waals surface area contributed by atoms with Crippen LogP contribution in [-0.4, -0.2) is 53.0 Å². The van der Waals surface area contributed by atoms with Gasteiger partial charge in [-0.05, 0) is 30.9 Å². The highest BCUT2D eigenvalue weighted by Gasteiger charge is 2.39. The molecule has 0 aromatic carbocycles. The van der Waals surface area contributed by atoms with E-state index in [-0.39, 0.29) is 17.4 Å². The number of carbonyl (C=O) groups is 2. The molecule has 1 aromatic heterocycles. The molecule has 0 spiro atoms. The van der Waals surface area contributed by atoms with Gasteiger partial charge in [0.1, 0.15) is 10.4 Å². The Kier molecular flexibility index (Phi) is 5.33. The Morgan fingerprint density at radius 2 is 2.28 bits per heavy atom. The molecule has 0 aliphatic carbocycles. The fourth-order valence-electron chi connectivity index (χ4n) is 2.66. The van der Waals surface area contributed by atoms with Crippen molar-refractivity contribution in [2.45, 2.75) is 25.4 Å². The lowest BCUT2D eigenvalue weighted by atomic mass is 10.2. The van der Waals surface area contributed by atoms with Gasteiger partial charge in [0.25, 0.3) is 5.91 Å². The largest absolute Gasteiger partial charge is 0.351 e. The summed E-state index contributed by atoms with van der Waals surface area (Å²) in [5.41, 5.74) is 0. The van der Waals surface area contributed by atoms with Gasteiger partial charge in [-0.1, -0.05) is 30.0 Å². The number of carbonyl (C=O) groups excluding carboxylic acids is 2. The average Bonchev–Trinajstić information content (AvgIpc) is 3.21. The number of amides is 2. The number of nitrogens with one attached hydrogen (secondary N) is 1. The van der Waals surface area contributed by atoms with E-state index in [0.717, 1.165) is 4.88 Å². The van der Waals surface area contributed by atoms with Crippen LogP contribution in [0.2, 0.25) is 0 Å². The van der Waals surface area contributed by atoms with Gasteiger partial charge in [0.05, 0.1) is 16.4 Å². The standard InChI is InChI=1S/C15H16N2O4S4/c1-9(13(18)16-10-4-6-25(20,21)8-10)17-14(19)12(24-15(17)22)7-11-3-2-5-23-11/h2-3,5,7,9-10H,4,6,8H2,1H3,(H,16,18)/b12-7+/t9-,10+/m1/s1. The van der Waals surface area contributed by atoms with Crippen LogP contribution in [0.5, 0.6) is 0 Å². The van der Waals surface area contributed by atoms with E-state index in [1.165, 1.54) is 28.0 Å². The van der Waals surface area contributed by atoms with Gasteiger partial charge in [0.15, 0.2) is 9.84 Å². The summed E-state index contributed by atoms with van der Waals surface area (Å²) >= 11 is 7.94. The third-order valence-corrected chi connectivity index (χ3v) is 7.90. The van der Waals surface area contributed by atoms with Gasteiger partial charge in [-0.15, -0.1) is 11.3 Å². The third-order valence-electron chi connectivity index (χ3n) is 3.99. The number of hydrogen-bond acceptors (Lipinski definition) is 7. The molecule has 2 aliphatic rings. The maximum absolute atomic E-state index is 12.6. The van der Waals surface area contributed by atoms with E-state index in [0.29, 0.717) is 15.6 Å². The number of thiocarbonyl (C=S) groups is 1. The van der Waals surface area contributed by atoms with Gasteiger partial charge in [-0.3, -0.25) is 14.5 Å². The van der Waals surface area contributed by atoms with E-state index >= 15 is 0 Å². The first-order chi connectivity index (χ1) is 11.8. The fourth-order valence-corrected chi connectivity index (χ4v) is 6.48. The summed E-state index contributed by atoms with van der Waals surface area (Å²) in [5, 5.41) is 4.63. The van der Waals surface area contributed by atoms with Gasteiger partial charge in [-0.2, -0.15) is 0 Å². The first-order valence-corrected chi connectivity index (χ1v) is 11.5. The second kappa shape index (κ2) is 7.18. The Morgan fingerprint density at radius 1 is 1.52 bits per heavy atom. The second-order valence-corrected chi connectivity index (χ2v) is 10.7. The Morgan fingerprint density at radius 3 is 2.88 bits per heavy atom. The smallest absolute Gasteiger partial charge is 0.266 e. The lowest BCUT2D eigenvalue weighted by Gasteiger charge is -2.23. The first kappa shape index (κ1) is 18.6. The predicted molar refractivity (Wildman–Crippen MR) is 104 cm³/mol. The summed E-state index contributed by atoms with van der Waals surface area (Å²) in [5.74, 6) is -0.667. The van der Waals surface area contributed by atoms with Crippen molar-refractivity contribution in [2.24, 2.45) is 0 Å². The quantitative estimate of drug-likeness (QED) is 0.593. The zero-order valence-corrected chi connectivity index (χ0v) is 16.6. The van der Waals surface area contributed by atoms with Crippen LogP contribution in [-0.2, 0) is 19.4 Å². The van der Waals surface area contributed by atoms with Gasteiger partial charge in [0.2, 0.25) is 5.91 Å². The molecule has 6 nitrogen and oxygen atoms in total. The number of rotatable bonds is 4. The molecule has 0 radical (unpaired) electrons. The monoisotopic (exact) mass is 416 g/mol. The van der Waals surface area contributed by atoms with Crippen molar-refractivity contribution >= 4 is 67.4 Å². The summed E-state index contributed by atoms with van der Waals surface area (Å²) < 4.78 is 23.3. The van der Waals surface area contributed by atoms with Crippen molar-refractivity contribution in [3.63, 3.8) is 0 Å². The zero-order valence-electron chi connectivity index (χ0n) is 13.3. The molecule has 2 aliphatic heterocycles. The maximum Gasteiger partial charge on any atom is 0.266 e. The normalized spacial score (nSPS) is 25.6. The summed E-state index contributed by atoms with van der Waals surface area (Å²) in [6, 6.07) is 2.60. The molecular weight excluding hydrogens is 400 g/mol. The number of thioether (sulfide) groups is 1. The maximum atomic E-state index is 12.6. The number of hydrogen-bond donors (Lipinski definition) is 1. The van der Waals surface area contributed by atoms with Crippen molar-refractivity contribution in [1.29, 1.82) is 0 Å². The topological polar surface area (TPSA) is 83.6 Å². The number of sulfone groups is 1. The van der Waals surface area contributed by atoms with Crippen LogP contribution in [0.1, 0.15) is 18.2 Å². The molecule has 1 N–H and O–H groups in total. The number of nitrogens with zero attached hydrogens (tertiary/aromatic N) is 1. The van der Waals surface area contributed by atoms with E-state index in [4.69, 9.17) is 12.2 Å². The Hall–Kier alpha value is -1.23. The van der Waals surface area contributed by atoms with Crippen molar-refractivity contribution in [3.05, 3.63) is 27.3 Å². The molecule has 10 heteroatoms. The third kappa shape index (κ3) is 4.13. The molecular formula is C15H16N2O4S4. The van der Waals surface area contributed by atoms with Crippen LogP contribution in [0.25, 0.3) is 6.08 Å². The molecule has 25 heavy (non-hydrogen) atoms. The average molecular weight is 417 g/mol. The molecule has 0 saturated carbocycles. The minimum atomic E-state index is -3.08. The molecule has 2 fully saturated rings. The highest BCUT2D eigenvalue weighted by Crippen LogP contribution is 2.34. The molecule has 1 aromatic rings. The van der Waals surface area contributed by atoms with Crippen molar-refractivity contribution in [2.75, 3.05) is 11.5 Å². The van der Waals surface area contributed by atoms with Crippen LogP contribution in [0.3, 0.4) is 0 Å². The molecule has 2 atom stereocenters. The summed E-state index contributed by atoms with van der Waals surface area (Å²) in [7, 11) is -3.08. The van der Waals surface area contributed by atoms with Gasteiger partial charge < -0.3 is 5.32 Å². The minimum Gasteiger partial charge on any atom is -0.351 e. The minimum absolute atomic E-state index is 0.0534. The lowest BCUT2D eigenvalue weighted by molar-refractivity contribution is -0.132. The van der Waals surface area contributed by atoms with Crippen LogP contribution < -0.4 is 5.32 Å². The molecule has 3 rings (SSSR count). The summed E-state index contributed by atoms with van der Waals surface area (Å²) in [4.78, 5) is 27.7. The van der Waals surface area contributed by atoms with Crippen LogP contribution in [0, 0.1) is 0 Å². The van der Waals surface area contributed by atoms with Crippen LogP contribution >= 0.6 is 35.3 Å². The van der Waals surface area contributed by atoms with E-state index in [1.54, 1.807) is 13.0 Å². The van der Waals surface area contributed by atoms with Crippen molar-refractivity contribution in [3.8, 4) is 0 Å². The van der Waals surface area contributed by atoms with E-state index < -0.39 is 27.8 Å². The SMILES string of the molecule is C[C@H](C(=O)N[C@H]1CCS(=O)(=O)C1)N1C(=O)/C(=C\c2cccs2)SC1=S. The summed E-state index contributed by atoms with van der Waals surface area (Å²) in [6.45, 7) is 1.59. The molecule has 0 unspecified atom stereocenters. The molecule has 2 saturated heterocycles. The van der Waals surface area contributed by atoms with Crippen molar-refractivity contribution < 1.29 is 18.0 Å². The van der Waals surface area contributed by atoms with Gasteiger partial charge >= 0.3 is 0 Å². The lowest BCUT2D eigenvalue weighted by Crippen LogP contribution is -2.50. The Bertz CT molecular complexity index is 845. The molecule has 2 amide bonds. The first-order valence-electron chi connectivity index (χ1n) is 7.58. The van der Waals surface area contributed by atoms with E-state index in [1.807, 2.05) is 17.5 Å². The summed E-state index contributed by atoms with van der Waals surface area (Å²) in [6.07, 6.45) is 2.16. The Balaban J connectivity index is 1.69. The molecule has 3 heterocycles. The highest BCUT2D eigenvalue weighted by molar-refractivity contribution is 8.26.